The van der Waals surface area contributed by atoms with Gasteiger partial charge in [-0.15, -0.1) is 0 Å². The summed E-state index contributed by atoms with van der Waals surface area (Å²) < 4.78 is 0. The summed E-state index contributed by atoms with van der Waals surface area (Å²) in [4.78, 5) is 27.8. The summed E-state index contributed by atoms with van der Waals surface area (Å²) in [6.45, 7) is 3.50. The first-order valence-electron chi connectivity index (χ1n) is 3.85. The number of hydrogen-bond donors (Lipinski definition) is 2. The molecule has 1 heterocycles. The molecule has 0 unspecified atom stereocenters. The molecule has 5 heteroatoms. The maximum Gasteiger partial charge on any atom is 0.355 e. The standard InChI is InChI=1S/C8H10N2O3/c1-4(2)5-6(8(12)13)9-3-10-7(5)11/h3-4H,1-2H3,(H,12,13)(H,9,10,11). The Kier molecular flexibility index (Phi) is 2.46. The van der Waals surface area contributed by atoms with Gasteiger partial charge in [0.1, 0.15) is 0 Å². The predicted molar refractivity (Wildman–Crippen MR) is 45.9 cm³/mol. The molecule has 0 aliphatic carbocycles. The number of hydrogen-bond acceptors (Lipinski definition) is 3. The van der Waals surface area contributed by atoms with Crippen molar-refractivity contribution in [1.29, 1.82) is 0 Å². The number of carboxylic acids is 1. The first-order chi connectivity index (χ1) is 6.04. The molecule has 0 bridgehead atoms. The van der Waals surface area contributed by atoms with Crippen LogP contribution in [0.25, 0.3) is 0 Å². The zero-order chi connectivity index (χ0) is 10.0. The Balaban J connectivity index is 3.43. The summed E-state index contributed by atoms with van der Waals surface area (Å²) in [5.41, 5.74) is -0.337. The topological polar surface area (TPSA) is 83.0 Å². The van der Waals surface area contributed by atoms with E-state index in [-0.39, 0.29) is 22.7 Å². The van der Waals surface area contributed by atoms with Crippen LogP contribution in [0.1, 0.15) is 35.8 Å². The fourth-order valence-corrected chi connectivity index (χ4v) is 1.12. The molecule has 1 rings (SSSR count). The lowest BCUT2D eigenvalue weighted by molar-refractivity contribution is 0.0688. The average molecular weight is 182 g/mol. The number of nitrogens with one attached hydrogen (secondary N) is 1. The summed E-state index contributed by atoms with van der Waals surface area (Å²) >= 11 is 0. The molecule has 1 aromatic rings. The number of carbonyl (C=O) groups is 1. The molecule has 0 amide bonds. The number of nitrogens with zero attached hydrogens (tertiary/aromatic N) is 1. The quantitative estimate of drug-likeness (QED) is 0.701. The largest absolute Gasteiger partial charge is 0.476 e. The molecule has 2 N–H and O–H groups in total. The molecule has 13 heavy (non-hydrogen) atoms. The summed E-state index contributed by atoms with van der Waals surface area (Å²) in [7, 11) is 0. The highest BCUT2D eigenvalue weighted by Crippen LogP contribution is 2.11. The monoisotopic (exact) mass is 182 g/mol. The number of rotatable bonds is 2. The third kappa shape index (κ3) is 1.74. The van der Waals surface area contributed by atoms with Crippen LogP contribution in [-0.2, 0) is 0 Å². The maximum atomic E-state index is 11.2. The Labute approximate surface area is 74.4 Å². The van der Waals surface area contributed by atoms with E-state index in [1.54, 1.807) is 13.8 Å². The van der Waals surface area contributed by atoms with Crippen LogP contribution in [0.3, 0.4) is 0 Å². The first kappa shape index (κ1) is 9.44. The van der Waals surface area contributed by atoms with Crippen molar-refractivity contribution in [2.45, 2.75) is 19.8 Å². The molecule has 5 nitrogen and oxygen atoms in total. The van der Waals surface area contributed by atoms with Crippen molar-refractivity contribution in [3.05, 3.63) is 27.9 Å². The van der Waals surface area contributed by atoms with E-state index in [0.717, 1.165) is 6.33 Å². The summed E-state index contributed by atoms with van der Waals surface area (Å²) in [6, 6.07) is 0. The van der Waals surface area contributed by atoms with Crippen LogP contribution in [-0.4, -0.2) is 21.0 Å². The van der Waals surface area contributed by atoms with Crippen molar-refractivity contribution in [1.82, 2.24) is 9.97 Å². The van der Waals surface area contributed by atoms with Crippen molar-refractivity contribution >= 4 is 5.97 Å². The molecule has 0 saturated carbocycles. The van der Waals surface area contributed by atoms with E-state index in [9.17, 15) is 9.59 Å². The van der Waals surface area contributed by atoms with E-state index in [0.29, 0.717) is 0 Å². The Bertz CT molecular complexity index is 381. The smallest absolute Gasteiger partial charge is 0.355 e. The lowest BCUT2D eigenvalue weighted by Crippen LogP contribution is -2.20. The SMILES string of the molecule is CC(C)c1c(C(=O)O)nc[nH]c1=O. The van der Waals surface area contributed by atoms with Gasteiger partial charge in [-0.1, -0.05) is 13.8 Å². The van der Waals surface area contributed by atoms with Crippen molar-refractivity contribution in [3.63, 3.8) is 0 Å². The molecule has 0 aromatic carbocycles. The molecule has 0 saturated heterocycles. The maximum absolute atomic E-state index is 11.2. The molecular formula is C8H10N2O3. The zero-order valence-corrected chi connectivity index (χ0v) is 7.37. The third-order valence-electron chi connectivity index (χ3n) is 1.67. The minimum absolute atomic E-state index is 0.149. The Morgan fingerprint density at radius 3 is 2.62 bits per heavy atom. The van der Waals surface area contributed by atoms with Gasteiger partial charge in [-0.25, -0.2) is 9.78 Å². The summed E-state index contributed by atoms with van der Waals surface area (Å²) in [5.74, 6) is -1.32. The highest BCUT2D eigenvalue weighted by Gasteiger charge is 2.17. The van der Waals surface area contributed by atoms with Gasteiger partial charge in [0, 0.05) is 0 Å². The van der Waals surface area contributed by atoms with E-state index in [1.165, 1.54) is 0 Å². The number of aromatic nitrogens is 2. The number of carboxylic acid groups (broad SMARTS) is 1. The van der Waals surface area contributed by atoms with E-state index in [4.69, 9.17) is 5.11 Å². The second-order valence-electron chi connectivity index (χ2n) is 2.95. The van der Waals surface area contributed by atoms with E-state index >= 15 is 0 Å². The fraction of sp³-hybridized carbons (Fsp3) is 0.375. The minimum atomic E-state index is -1.17. The van der Waals surface area contributed by atoms with Crippen molar-refractivity contribution in [3.8, 4) is 0 Å². The molecule has 1 aromatic heterocycles. The van der Waals surface area contributed by atoms with Crippen molar-refractivity contribution in [2.75, 3.05) is 0 Å². The van der Waals surface area contributed by atoms with Crippen molar-refractivity contribution in [2.24, 2.45) is 0 Å². The van der Waals surface area contributed by atoms with Crippen LogP contribution >= 0.6 is 0 Å². The Morgan fingerprint density at radius 2 is 2.23 bits per heavy atom. The normalized spacial score (nSPS) is 10.4. The number of aromatic amines is 1. The van der Waals surface area contributed by atoms with E-state index in [1.807, 2.05) is 0 Å². The van der Waals surface area contributed by atoms with Crippen LogP contribution in [0.2, 0.25) is 0 Å². The van der Waals surface area contributed by atoms with Gasteiger partial charge in [-0.05, 0) is 5.92 Å². The second-order valence-corrected chi connectivity index (χ2v) is 2.95. The van der Waals surface area contributed by atoms with Gasteiger partial charge in [-0.3, -0.25) is 4.79 Å². The highest BCUT2D eigenvalue weighted by molar-refractivity contribution is 5.87. The average Bonchev–Trinajstić information content (AvgIpc) is 2.02. The first-order valence-corrected chi connectivity index (χ1v) is 3.85. The highest BCUT2D eigenvalue weighted by atomic mass is 16.4. The van der Waals surface area contributed by atoms with Gasteiger partial charge in [0.25, 0.3) is 5.56 Å². The number of H-pyrrole nitrogens is 1. The Hall–Kier alpha value is -1.65. The molecule has 0 radical (unpaired) electrons. The fourth-order valence-electron chi connectivity index (χ4n) is 1.12. The predicted octanol–water partition coefficient (Wildman–Crippen LogP) is 0.592. The van der Waals surface area contributed by atoms with E-state index in [2.05, 4.69) is 9.97 Å². The van der Waals surface area contributed by atoms with Crippen LogP contribution in [0, 0.1) is 0 Å². The molecule has 0 aliphatic heterocycles. The molecule has 0 aliphatic rings. The molecule has 0 fully saturated rings. The second kappa shape index (κ2) is 3.38. The van der Waals surface area contributed by atoms with Gasteiger partial charge in [0.15, 0.2) is 5.69 Å². The Morgan fingerprint density at radius 1 is 1.62 bits per heavy atom. The minimum Gasteiger partial charge on any atom is -0.476 e. The van der Waals surface area contributed by atoms with Gasteiger partial charge in [0.2, 0.25) is 0 Å². The van der Waals surface area contributed by atoms with Crippen LogP contribution in [0.4, 0.5) is 0 Å². The van der Waals surface area contributed by atoms with E-state index < -0.39 is 5.97 Å². The third-order valence-corrected chi connectivity index (χ3v) is 1.67. The zero-order valence-electron chi connectivity index (χ0n) is 7.37. The van der Waals surface area contributed by atoms with Gasteiger partial charge < -0.3 is 10.1 Å². The van der Waals surface area contributed by atoms with Gasteiger partial charge in [-0.2, -0.15) is 0 Å². The summed E-state index contributed by atoms with van der Waals surface area (Å²) in [6.07, 6.45) is 1.09. The molecule has 0 atom stereocenters. The summed E-state index contributed by atoms with van der Waals surface area (Å²) in [5, 5.41) is 8.72. The van der Waals surface area contributed by atoms with Crippen LogP contribution in [0.15, 0.2) is 11.1 Å². The van der Waals surface area contributed by atoms with Crippen LogP contribution in [0.5, 0.6) is 0 Å². The lowest BCUT2D eigenvalue weighted by Gasteiger charge is -2.05. The van der Waals surface area contributed by atoms with Gasteiger partial charge in [0.05, 0.1) is 11.9 Å². The van der Waals surface area contributed by atoms with Crippen molar-refractivity contribution < 1.29 is 9.90 Å². The lowest BCUT2D eigenvalue weighted by atomic mass is 10.0. The number of aromatic carboxylic acids is 1. The molecular weight excluding hydrogens is 172 g/mol. The molecule has 0 spiro atoms. The van der Waals surface area contributed by atoms with Crippen LogP contribution < -0.4 is 5.56 Å². The molecule has 70 valence electrons. The van der Waals surface area contributed by atoms with Gasteiger partial charge >= 0.3 is 5.97 Å².